The molecule has 0 saturated heterocycles. The first-order valence-electron chi connectivity index (χ1n) is 6.38. The van der Waals surface area contributed by atoms with Gasteiger partial charge in [0.2, 0.25) is 0 Å². The summed E-state index contributed by atoms with van der Waals surface area (Å²) in [4.78, 5) is 0. The number of aryl methyl sites for hydroxylation is 1. The van der Waals surface area contributed by atoms with E-state index in [1.54, 1.807) is 7.11 Å². The first-order valence-corrected chi connectivity index (χ1v) is 7.18. The lowest BCUT2D eigenvalue weighted by Crippen LogP contribution is -2.36. The fourth-order valence-corrected chi connectivity index (χ4v) is 3.02. The molecule has 2 N–H and O–H groups in total. The minimum atomic E-state index is 0.195. The first kappa shape index (κ1) is 14.0. The Morgan fingerprint density at radius 3 is 3.11 bits per heavy atom. The van der Waals surface area contributed by atoms with Gasteiger partial charge in [0.15, 0.2) is 0 Å². The van der Waals surface area contributed by atoms with Gasteiger partial charge in [0.25, 0.3) is 0 Å². The lowest BCUT2D eigenvalue weighted by molar-refractivity contribution is 0.142. The Kier molecular flexibility index (Phi) is 5.18. The predicted molar refractivity (Wildman–Crippen MR) is 75.7 cm³/mol. The maximum atomic E-state index is 9.07. The molecule has 1 aromatic rings. The van der Waals surface area contributed by atoms with E-state index in [0.29, 0.717) is 12.6 Å². The number of rotatable bonds is 6. The quantitative estimate of drug-likeness (QED) is 0.847. The maximum Gasteiger partial charge on any atom is 0.0616 e. The summed E-state index contributed by atoms with van der Waals surface area (Å²) < 4.78 is 6.34. The van der Waals surface area contributed by atoms with Crippen molar-refractivity contribution in [1.82, 2.24) is 5.32 Å². The normalized spacial score (nSPS) is 19.8. The van der Waals surface area contributed by atoms with E-state index < -0.39 is 0 Å². The smallest absolute Gasteiger partial charge is 0.0616 e. The molecule has 0 heterocycles. The topological polar surface area (TPSA) is 41.5 Å². The highest BCUT2D eigenvalue weighted by atomic mass is 79.9. The highest BCUT2D eigenvalue weighted by Crippen LogP contribution is 2.33. The van der Waals surface area contributed by atoms with Crippen molar-refractivity contribution in [3.8, 4) is 0 Å². The lowest BCUT2D eigenvalue weighted by Gasteiger charge is -2.22. The molecule has 2 rings (SSSR count). The van der Waals surface area contributed by atoms with Gasteiger partial charge >= 0.3 is 0 Å². The minimum Gasteiger partial charge on any atom is -0.396 e. The molecule has 18 heavy (non-hydrogen) atoms. The summed E-state index contributed by atoms with van der Waals surface area (Å²) in [5.41, 5.74) is 2.80. The molecule has 0 radical (unpaired) electrons. The van der Waals surface area contributed by atoms with Crippen molar-refractivity contribution in [3.63, 3.8) is 0 Å². The van der Waals surface area contributed by atoms with Crippen LogP contribution in [0.1, 0.15) is 30.0 Å². The van der Waals surface area contributed by atoms with Crippen LogP contribution in [-0.2, 0) is 11.2 Å². The van der Waals surface area contributed by atoms with Gasteiger partial charge in [0.1, 0.15) is 0 Å². The van der Waals surface area contributed by atoms with Gasteiger partial charge in [0, 0.05) is 30.3 Å². The molecule has 0 fully saturated rings. The van der Waals surface area contributed by atoms with E-state index in [0.717, 1.165) is 23.7 Å². The highest BCUT2D eigenvalue weighted by Gasteiger charge is 2.24. The van der Waals surface area contributed by atoms with Crippen molar-refractivity contribution in [2.45, 2.75) is 31.3 Å². The lowest BCUT2D eigenvalue weighted by atomic mass is 10.1. The Labute approximate surface area is 117 Å². The largest absolute Gasteiger partial charge is 0.396 e. The maximum absolute atomic E-state index is 9.07. The minimum absolute atomic E-state index is 0.195. The number of aliphatic hydroxyl groups excluding tert-OH is 1. The van der Waals surface area contributed by atoms with E-state index in [9.17, 15) is 0 Å². The molecule has 0 saturated carbocycles. The summed E-state index contributed by atoms with van der Waals surface area (Å²) in [7, 11) is 1.70. The van der Waals surface area contributed by atoms with Crippen LogP contribution in [0.4, 0.5) is 0 Å². The molecule has 0 bridgehead atoms. The van der Waals surface area contributed by atoms with Gasteiger partial charge in [0.05, 0.1) is 6.61 Å². The number of nitrogens with one attached hydrogen (secondary N) is 1. The van der Waals surface area contributed by atoms with Crippen molar-refractivity contribution in [2.24, 2.45) is 0 Å². The van der Waals surface area contributed by atoms with Crippen LogP contribution < -0.4 is 5.32 Å². The average molecular weight is 314 g/mol. The molecule has 3 nitrogen and oxygen atoms in total. The zero-order chi connectivity index (χ0) is 13.0. The van der Waals surface area contributed by atoms with Crippen LogP contribution in [0.2, 0.25) is 0 Å². The van der Waals surface area contributed by atoms with Crippen molar-refractivity contribution in [3.05, 3.63) is 33.8 Å². The van der Waals surface area contributed by atoms with Gasteiger partial charge in [-0.25, -0.2) is 0 Å². The molecule has 4 heteroatoms. The van der Waals surface area contributed by atoms with E-state index in [1.807, 2.05) is 0 Å². The van der Waals surface area contributed by atoms with Gasteiger partial charge < -0.3 is 15.2 Å². The summed E-state index contributed by atoms with van der Waals surface area (Å²) in [5, 5.41) is 12.7. The van der Waals surface area contributed by atoms with Gasteiger partial charge in [-0.2, -0.15) is 0 Å². The van der Waals surface area contributed by atoms with E-state index >= 15 is 0 Å². The second kappa shape index (κ2) is 6.66. The van der Waals surface area contributed by atoms with E-state index in [2.05, 4.69) is 39.4 Å². The SMILES string of the molecule is COCC(CCO)NC1CCc2cc(Br)ccc21. The fraction of sp³-hybridized carbons (Fsp3) is 0.571. The predicted octanol–water partition coefficient (Wildman–Crippen LogP) is 2.42. The first-order chi connectivity index (χ1) is 8.74. The number of hydrogen-bond donors (Lipinski definition) is 2. The molecule has 1 aliphatic carbocycles. The Bertz CT molecular complexity index is 391. The third-order valence-electron chi connectivity index (χ3n) is 3.47. The summed E-state index contributed by atoms with van der Waals surface area (Å²) in [6.07, 6.45) is 2.97. The van der Waals surface area contributed by atoms with Crippen LogP contribution >= 0.6 is 15.9 Å². The Morgan fingerprint density at radius 2 is 2.39 bits per heavy atom. The zero-order valence-electron chi connectivity index (χ0n) is 10.7. The molecule has 2 unspecified atom stereocenters. The van der Waals surface area contributed by atoms with Gasteiger partial charge in [-0.1, -0.05) is 22.0 Å². The van der Waals surface area contributed by atoms with Crippen molar-refractivity contribution in [1.29, 1.82) is 0 Å². The second-order valence-electron chi connectivity index (χ2n) is 4.77. The van der Waals surface area contributed by atoms with Crippen molar-refractivity contribution >= 4 is 15.9 Å². The van der Waals surface area contributed by atoms with Crippen molar-refractivity contribution in [2.75, 3.05) is 20.3 Å². The molecule has 0 aromatic heterocycles. The van der Waals surface area contributed by atoms with Crippen LogP contribution in [0, 0.1) is 0 Å². The van der Waals surface area contributed by atoms with Crippen LogP contribution in [-0.4, -0.2) is 31.5 Å². The van der Waals surface area contributed by atoms with Gasteiger partial charge in [-0.15, -0.1) is 0 Å². The van der Waals surface area contributed by atoms with Crippen molar-refractivity contribution < 1.29 is 9.84 Å². The zero-order valence-corrected chi connectivity index (χ0v) is 12.2. The van der Waals surface area contributed by atoms with Crippen LogP contribution in [0.5, 0.6) is 0 Å². The number of aliphatic hydroxyl groups is 1. The number of benzene rings is 1. The van der Waals surface area contributed by atoms with Gasteiger partial charge in [-0.05, 0) is 42.5 Å². The highest BCUT2D eigenvalue weighted by molar-refractivity contribution is 9.10. The summed E-state index contributed by atoms with van der Waals surface area (Å²) in [5.74, 6) is 0. The molecule has 2 atom stereocenters. The van der Waals surface area contributed by atoms with Gasteiger partial charge in [-0.3, -0.25) is 0 Å². The summed E-state index contributed by atoms with van der Waals surface area (Å²) in [6.45, 7) is 0.837. The Hall–Kier alpha value is -0.420. The summed E-state index contributed by atoms with van der Waals surface area (Å²) in [6, 6.07) is 7.09. The molecular formula is C14H20BrNO2. The Balaban J connectivity index is 2.03. The standard InChI is InChI=1S/C14H20BrNO2/c1-18-9-12(6-7-17)16-14-5-2-10-8-11(15)3-4-13(10)14/h3-4,8,12,14,16-17H,2,5-7,9H2,1H3. The Morgan fingerprint density at radius 1 is 1.56 bits per heavy atom. The monoisotopic (exact) mass is 313 g/mol. The summed E-state index contributed by atoms with van der Waals surface area (Å²) >= 11 is 3.51. The molecule has 0 amide bonds. The average Bonchev–Trinajstić information content (AvgIpc) is 2.72. The molecule has 1 aromatic carbocycles. The molecule has 1 aliphatic rings. The number of hydrogen-bond acceptors (Lipinski definition) is 3. The van der Waals surface area contributed by atoms with Crippen LogP contribution in [0.25, 0.3) is 0 Å². The van der Waals surface area contributed by atoms with Crippen LogP contribution in [0.3, 0.4) is 0 Å². The van der Waals surface area contributed by atoms with E-state index in [-0.39, 0.29) is 12.6 Å². The number of fused-ring (bicyclic) bond motifs is 1. The van der Waals surface area contributed by atoms with Crippen LogP contribution in [0.15, 0.2) is 22.7 Å². The molecule has 0 aliphatic heterocycles. The number of ether oxygens (including phenoxy) is 1. The van der Waals surface area contributed by atoms with E-state index in [4.69, 9.17) is 9.84 Å². The second-order valence-corrected chi connectivity index (χ2v) is 5.68. The molecule has 0 spiro atoms. The fourth-order valence-electron chi connectivity index (χ4n) is 2.62. The third-order valence-corrected chi connectivity index (χ3v) is 3.96. The number of methoxy groups -OCH3 is 1. The molecule has 100 valence electrons. The van der Waals surface area contributed by atoms with E-state index in [1.165, 1.54) is 11.1 Å². The number of halogens is 1. The third kappa shape index (κ3) is 3.32. The molecular weight excluding hydrogens is 294 g/mol.